The minimum Gasteiger partial charge on any atom is -0.496 e. The van der Waals surface area contributed by atoms with Gasteiger partial charge in [0.15, 0.2) is 0 Å². The number of aromatic nitrogens is 2. The van der Waals surface area contributed by atoms with E-state index in [0.29, 0.717) is 12.0 Å². The molecule has 0 spiro atoms. The van der Waals surface area contributed by atoms with Gasteiger partial charge in [0.25, 0.3) is 0 Å². The van der Waals surface area contributed by atoms with Crippen molar-refractivity contribution in [2.75, 3.05) is 32.1 Å². The molecule has 2 aromatic rings. The summed E-state index contributed by atoms with van der Waals surface area (Å²) in [6.45, 7) is 3.21. The Morgan fingerprint density at radius 3 is 2.63 bits per heavy atom. The van der Waals surface area contributed by atoms with Crippen LogP contribution in [0.1, 0.15) is 43.0 Å². The smallest absolute Gasteiger partial charge is 0.133 e. The van der Waals surface area contributed by atoms with Crippen LogP contribution >= 0.6 is 15.9 Å². The third kappa shape index (κ3) is 4.43. The molecule has 1 aliphatic carbocycles. The van der Waals surface area contributed by atoms with Gasteiger partial charge < -0.3 is 9.64 Å². The fraction of sp³-hybridized carbons (Fsp3) is 0.524. The monoisotopic (exact) mass is 430 g/mol. The van der Waals surface area contributed by atoms with Gasteiger partial charge in [0.2, 0.25) is 0 Å². The molecule has 1 aromatic heterocycles. The quantitative estimate of drug-likeness (QED) is 0.685. The number of nitrogens with zero attached hydrogens (tertiary/aromatic N) is 4. The van der Waals surface area contributed by atoms with Gasteiger partial charge in [-0.15, -0.1) is 0 Å². The van der Waals surface area contributed by atoms with Gasteiger partial charge in [0, 0.05) is 44.8 Å². The molecule has 2 heterocycles. The topological polar surface area (TPSA) is 41.5 Å². The SMILES string of the molecule is COc1ccc(CN2CCC(N(C)c3ccnc(C4CC4)n3)CC2)cc1Br. The lowest BCUT2D eigenvalue weighted by molar-refractivity contribution is 0.203. The van der Waals surface area contributed by atoms with Gasteiger partial charge in [-0.05, 0) is 65.4 Å². The molecule has 1 saturated heterocycles. The van der Waals surface area contributed by atoms with Crippen LogP contribution in [0.4, 0.5) is 5.82 Å². The van der Waals surface area contributed by atoms with E-state index in [4.69, 9.17) is 9.72 Å². The van der Waals surface area contributed by atoms with Crippen molar-refractivity contribution in [3.05, 3.63) is 46.3 Å². The summed E-state index contributed by atoms with van der Waals surface area (Å²) in [5.41, 5.74) is 1.32. The van der Waals surface area contributed by atoms with Gasteiger partial charge >= 0.3 is 0 Å². The minimum absolute atomic E-state index is 0.547. The van der Waals surface area contributed by atoms with Gasteiger partial charge in [0.05, 0.1) is 11.6 Å². The van der Waals surface area contributed by atoms with E-state index in [1.807, 2.05) is 18.3 Å². The molecule has 1 saturated carbocycles. The molecule has 2 fully saturated rings. The van der Waals surface area contributed by atoms with Crippen molar-refractivity contribution < 1.29 is 4.74 Å². The van der Waals surface area contributed by atoms with E-state index >= 15 is 0 Å². The first-order valence-electron chi connectivity index (χ1n) is 9.74. The molecule has 4 rings (SSSR count). The molecule has 27 heavy (non-hydrogen) atoms. The molecule has 144 valence electrons. The van der Waals surface area contributed by atoms with Crippen LogP contribution in [-0.2, 0) is 6.54 Å². The molecule has 0 unspecified atom stereocenters. The van der Waals surface area contributed by atoms with Gasteiger partial charge in [-0.3, -0.25) is 4.90 Å². The Hall–Kier alpha value is -1.66. The number of rotatable bonds is 6. The van der Waals surface area contributed by atoms with Crippen molar-refractivity contribution in [3.8, 4) is 5.75 Å². The Balaban J connectivity index is 1.33. The fourth-order valence-electron chi connectivity index (χ4n) is 3.82. The Morgan fingerprint density at radius 2 is 1.96 bits per heavy atom. The lowest BCUT2D eigenvalue weighted by Gasteiger charge is -2.37. The van der Waals surface area contributed by atoms with Crippen LogP contribution in [0.2, 0.25) is 0 Å². The zero-order valence-corrected chi connectivity index (χ0v) is 17.7. The maximum absolute atomic E-state index is 5.32. The molecule has 1 aliphatic heterocycles. The first-order valence-corrected chi connectivity index (χ1v) is 10.5. The maximum Gasteiger partial charge on any atom is 0.133 e. The normalized spacial score (nSPS) is 18.5. The van der Waals surface area contributed by atoms with Crippen molar-refractivity contribution in [2.45, 2.75) is 44.2 Å². The highest BCUT2D eigenvalue weighted by molar-refractivity contribution is 9.10. The summed E-state index contributed by atoms with van der Waals surface area (Å²) < 4.78 is 6.34. The van der Waals surface area contributed by atoms with Gasteiger partial charge in [-0.25, -0.2) is 9.97 Å². The first kappa shape index (κ1) is 18.7. The van der Waals surface area contributed by atoms with Crippen molar-refractivity contribution in [1.29, 1.82) is 0 Å². The van der Waals surface area contributed by atoms with E-state index in [0.717, 1.165) is 54.3 Å². The number of piperidine rings is 1. The highest BCUT2D eigenvalue weighted by Gasteiger charge is 2.28. The summed E-state index contributed by atoms with van der Waals surface area (Å²) in [4.78, 5) is 14.1. The third-order valence-corrected chi connectivity index (χ3v) is 6.31. The molecule has 0 N–H and O–H groups in total. The number of benzene rings is 1. The van der Waals surface area contributed by atoms with E-state index in [9.17, 15) is 0 Å². The van der Waals surface area contributed by atoms with Crippen LogP contribution in [0.3, 0.4) is 0 Å². The summed E-state index contributed by atoms with van der Waals surface area (Å²) in [5, 5.41) is 0. The third-order valence-electron chi connectivity index (χ3n) is 5.69. The molecule has 1 aromatic carbocycles. The van der Waals surface area contributed by atoms with Crippen LogP contribution in [0.5, 0.6) is 5.75 Å². The summed E-state index contributed by atoms with van der Waals surface area (Å²) in [5.74, 6) is 3.59. The van der Waals surface area contributed by atoms with Crippen LogP contribution in [-0.4, -0.2) is 48.2 Å². The molecule has 5 nitrogen and oxygen atoms in total. The van der Waals surface area contributed by atoms with Crippen LogP contribution in [0.25, 0.3) is 0 Å². The Bertz CT molecular complexity index is 788. The maximum atomic E-state index is 5.32. The molecule has 0 amide bonds. The van der Waals surface area contributed by atoms with Gasteiger partial charge in [-0.2, -0.15) is 0 Å². The standard InChI is InChI=1S/C21H27BrN4O/c1-25(20-7-10-23-21(24-20)16-4-5-16)17-8-11-26(12-9-17)14-15-3-6-19(27-2)18(22)13-15/h3,6-7,10,13,16-17H,4-5,8-9,11-12,14H2,1-2H3. The van der Waals surface area contributed by atoms with Crippen LogP contribution in [0, 0.1) is 0 Å². The highest BCUT2D eigenvalue weighted by Crippen LogP contribution is 2.38. The van der Waals surface area contributed by atoms with Crippen molar-refractivity contribution in [2.24, 2.45) is 0 Å². The van der Waals surface area contributed by atoms with Crippen molar-refractivity contribution >= 4 is 21.7 Å². The molecule has 0 atom stereocenters. The number of anilines is 1. The zero-order valence-electron chi connectivity index (χ0n) is 16.1. The number of ether oxygens (including phenoxy) is 1. The predicted molar refractivity (Wildman–Crippen MR) is 111 cm³/mol. The number of likely N-dealkylation sites (tertiary alicyclic amines) is 1. The number of methoxy groups -OCH3 is 1. The summed E-state index contributed by atoms with van der Waals surface area (Å²) >= 11 is 3.58. The largest absolute Gasteiger partial charge is 0.496 e. The summed E-state index contributed by atoms with van der Waals surface area (Å²) in [6.07, 6.45) is 6.73. The van der Waals surface area contributed by atoms with E-state index in [1.165, 1.54) is 18.4 Å². The average Bonchev–Trinajstić information content (AvgIpc) is 3.54. The molecule has 0 bridgehead atoms. The van der Waals surface area contributed by atoms with Gasteiger partial charge in [0.1, 0.15) is 17.4 Å². The summed E-state index contributed by atoms with van der Waals surface area (Å²) in [6, 6.07) is 8.95. The minimum atomic E-state index is 0.547. The molecule has 0 radical (unpaired) electrons. The molecular weight excluding hydrogens is 404 g/mol. The average molecular weight is 431 g/mol. The zero-order chi connectivity index (χ0) is 18.8. The second-order valence-corrected chi connectivity index (χ2v) is 8.49. The molecule has 2 aliphatic rings. The van der Waals surface area contributed by atoms with E-state index in [2.05, 4.69) is 49.9 Å². The van der Waals surface area contributed by atoms with Crippen LogP contribution in [0.15, 0.2) is 34.9 Å². The first-order chi connectivity index (χ1) is 13.1. The van der Waals surface area contributed by atoms with E-state index < -0.39 is 0 Å². The lowest BCUT2D eigenvalue weighted by atomic mass is 10.0. The lowest BCUT2D eigenvalue weighted by Crippen LogP contribution is -2.43. The second-order valence-electron chi connectivity index (χ2n) is 7.63. The van der Waals surface area contributed by atoms with E-state index in [1.54, 1.807) is 7.11 Å². The fourth-order valence-corrected chi connectivity index (χ4v) is 4.40. The highest BCUT2D eigenvalue weighted by atomic mass is 79.9. The molecular formula is C21H27BrN4O. The Labute approximate surface area is 169 Å². The van der Waals surface area contributed by atoms with E-state index in [-0.39, 0.29) is 0 Å². The summed E-state index contributed by atoms with van der Waals surface area (Å²) in [7, 11) is 3.88. The number of halogens is 1. The second kappa shape index (κ2) is 8.15. The van der Waals surface area contributed by atoms with Gasteiger partial charge in [-0.1, -0.05) is 6.07 Å². The van der Waals surface area contributed by atoms with Crippen LogP contribution < -0.4 is 9.64 Å². The molecule has 6 heteroatoms. The number of hydrogen-bond donors (Lipinski definition) is 0. The number of hydrogen-bond acceptors (Lipinski definition) is 5. The van der Waals surface area contributed by atoms with Crippen molar-refractivity contribution in [1.82, 2.24) is 14.9 Å². The Kier molecular flexibility index (Phi) is 5.64. The Morgan fingerprint density at radius 1 is 1.19 bits per heavy atom. The van der Waals surface area contributed by atoms with Crippen molar-refractivity contribution in [3.63, 3.8) is 0 Å². The predicted octanol–water partition coefficient (Wildman–Crippen LogP) is 4.23.